The summed E-state index contributed by atoms with van der Waals surface area (Å²) in [5, 5.41) is 0. The fraction of sp³-hybridized carbons (Fsp3) is 0.375. The van der Waals surface area contributed by atoms with Crippen LogP contribution in [-0.4, -0.2) is 90.4 Å². The molecule has 14 heteroatoms. The first-order valence-electron chi connectivity index (χ1n) is 27.6. The largest absolute Gasteiger partial charge is 0.494 e. The Kier molecular flexibility index (Phi) is 24.9. The third kappa shape index (κ3) is 20.7. The minimum absolute atomic E-state index is 0.260. The zero-order chi connectivity index (χ0) is 54.2. The molecule has 14 nitrogen and oxygen atoms in total. The maximum Gasteiger partial charge on any atom is 0.343 e. The van der Waals surface area contributed by atoms with Crippen molar-refractivity contribution in [2.24, 2.45) is 9.98 Å². The van der Waals surface area contributed by atoms with Gasteiger partial charge in [0.1, 0.15) is 49.4 Å². The van der Waals surface area contributed by atoms with Crippen molar-refractivity contribution < 1.29 is 57.0 Å². The first-order valence-corrected chi connectivity index (χ1v) is 27.6. The molecule has 0 fully saturated rings. The SMILES string of the molecule is CCCCCCCCOc1ccc(C(=O)Oc2ccc(C=Nc3ccc4c(c3)OCCOCCOc3ccc(N=Cc5ccc(OC(=O)c6ccc(OCCCCCCCC)cc6)cc5)cc3OCCOCCO4)cc2)cc1. The molecule has 6 aromatic rings. The third-order valence-corrected chi connectivity index (χ3v) is 12.4. The van der Waals surface area contributed by atoms with Crippen molar-refractivity contribution in [1.29, 1.82) is 0 Å². The summed E-state index contributed by atoms with van der Waals surface area (Å²) < 4.78 is 59.1. The van der Waals surface area contributed by atoms with Gasteiger partial charge in [-0.3, -0.25) is 9.98 Å². The van der Waals surface area contributed by atoms with Crippen LogP contribution < -0.4 is 37.9 Å². The molecule has 0 bridgehead atoms. The lowest BCUT2D eigenvalue weighted by atomic mass is 10.1. The number of aliphatic imine (C=N–C) groups is 2. The topological polar surface area (TPSA) is 151 Å². The second kappa shape index (κ2) is 33.5. The number of hydrogen-bond donors (Lipinski definition) is 0. The van der Waals surface area contributed by atoms with Gasteiger partial charge in [0.25, 0.3) is 0 Å². The van der Waals surface area contributed by atoms with Gasteiger partial charge in [-0.2, -0.15) is 0 Å². The van der Waals surface area contributed by atoms with Crippen LogP contribution in [0.4, 0.5) is 11.4 Å². The highest BCUT2D eigenvalue weighted by molar-refractivity contribution is 5.92. The summed E-state index contributed by atoms with van der Waals surface area (Å²) in [6.45, 7) is 8.06. The highest BCUT2D eigenvalue weighted by Crippen LogP contribution is 2.34. The third-order valence-electron chi connectivity index (χ3n) is 12.4. The standard InChI is InChI=1S/C64H74N2O12/c1-3-5-7-9-11-13-35-71-55-29-19-51(20-30-55)63(67)77-57-25-15-49(16-26-57)47-65-53-23-33-59-61(45-53)75-43-39-69-38-42-74-60-34-24-54(46-62(60)76-44-40-70-37-41-73-59)66-48-50-17-27-58(28-18-50)78-64(68)52-21-31-56(32-22-52)72-36-14-12-10-8-6-4-2/h15-34,45-48H,3-14,35-44H2,1-2H3. The zero-order valence-corrected chi connectivity index (χ0v) is 45.2. The molecule has 6 aromatic carbocycles. The Morgan fingerprint density at radius 3 is 1.13 bits per heavy atom. The monoisotopic (exact) mass is 1060 g/mol. The van der Waals surface area contributed by atoms with Crippen LogP contribution in [0.5, 0.6) is 46.0 Å². The molecule has 78 heavy (non-hydrogen) atoms. The van der Waals surface area contributed by atoms with E-state index in [-0.39, 0.29) is 26.4 Å². The first kappa shape index (κ1) is 58.0. The second-order valence-electron chi connectivity index (χ2n) is 18.6. The van der Waals surface area contributed by atoms with Gasteiger partial charge < -0.3 is 47.4 Å². The zero-order valence-electron chi connectivity index (χ0n) is 45.2. The number of nitrogens with zero attached hydrogens (tertiary/aromatic N) is 2. The molecule has 0 aliphatic carbocycles. The Balaban J connectivity index is 0.835. The van der Waals surface area contributed by atoms with Crippen LogP contribution in [-0.2, 0) is 9.47 Å². The molecule has 412 valence electrons. The number of rotatable bonds is 24. The predicted molar refractivity (Wildman–Crippen MR) is 304 cm³/mol. The molecule has 0 aromatic heterocycles. The fourth-order valence-corrected chi connectivity index (χ4v) is 8.06. The number of carbonyl (C=O) groups excluding carboxylic acids is 2. The quantitative estimate of drug-likeness (QED) is 0.0245. The average molecular weight is 1060 g/mol. The van der Waals surface area contributed by atoms with Crippen LogP contribution in [0.2, 0.25) is 0 Å². The van der Waals surface area contributed by atoms with Crippen molar-refractivity contribution in [2.45, 2.75) is 90.9 Å². The number of unbranched alkanes of at least 4 members (excludes halogenated alkanes) is 10. The lowest BCUT2D eigenvalue weighted by molar-refractivity contribution is 0.0640. The van der Waals surface area contributed by atoms with Gasteiger partial charge in [0.05, 0.1) is 62.1 Å². The predicted octanol–water partition coefficient (Wildman–Crippen LogP) is 14.4. The number of hydrogen-bond acceptors (Lipinski definition) is 14. The van der Waals surface area contributed by atoms with Gasteiger partial charge in [0.15, 0.2) is 23.0 Å². The van der Waals surface area contributed by atoms with E-state index in [0.29, 0.717) is 96.6 Å². The van der Waals surface area contributed by atoms with Crippen LogP contribution in [0, 0.1) is 0 Å². The van der Waals surface area contributed by atoms with E-state index in [1.165, 1.54) is 51.4 Å². The average Bonchev–Trinajstić information content (AvgIpc) is 3.46. The van der Waals surface area contributed by atoms with E-state index in [4.69, 9.17) is 47.4 Å². The molecule has 7 rings (SSSR count). The molecule has 0 saturated heterocycles. The summed E-state index contributed by atoms with van der Waals surface area (Å²) >= 11 is 0. The summed E-state index contributed by atoms with van der Waals surface area (Å²) in [4.78, 5) is 35.0. The lowest BCUT2D eigenvalue weighted by Crippen LogP contribution is -2.15. The minimum atomic E-state index is -0.447. The van der Waals surface area contributed by atoms with Gasteiger partial charge in [-0.25, -0.2) is 9.59 Å². The van der Waals surface area contributed by atoms with Crippen LogP contribution in [0.15, 0.2) is 143 Å². The highest BCUT2D eigenvalue weighted by atomic mass is 16.6. The summed E-state index contributed by atoms with van der Waals surface area (Å²) in [7, 11) is 0. The fourth-order valence-electron chi connectivity index (χ4n) is 8.06. The molecule has 0 N–H and O–H groups in total. The normalized spacial score (nSPS) is 13.4. The van der Waals surface area contributed by atoms with E-state index in [2.05, 4.69) is 23.8 Å². The molecule has 1 heterocycles. The van der Waals surface area contributed by atoms with E-state index in [0.717, 1.165) is 48.3 Å². The Labute approximate surface area is 459 Å². The second-order valence-corrected chi connectivity index (χ2v) is 18.6. The number of carbonyl (C=O) groups is 2. The van der Waals surface area contributed by atoms with Gasteiger partial charge in [-0.15, -0.1) is 0 Å². The van der Waals surface area contributed by atoms with E-state index in [1.807, 2.05) is 60.7 Å². The van der Waals surface area contributed by atoms with Crippen LogP contribution in [0.25, 0.3) is 0 Å². The van der Waals surface area contributed by atoms with Crippen molar-refractivity contribution in [3.05, 3.63) is 156 Å². The van der Waals surface area contributed by atoms with Crippen molar-refractivity contribution in [2.75, 3.05) is 66.1 Å². The molecule has 1 aliphatic rings. The summed E-state index contributed by atoms with van der Waals surface area (Å²) in [5.74, 6) is 3.55. The molecule has 0 spiro atoms. The summed E-state index contributed by atoms with van der Waals surface area (Å²) in [5.41, 5.74) is 3.82. The molecule has 0 atom stereocenters. The number of fused-ring (bicyclic) bond motifs is 2. The summed E-state index contributed by atoms with van der Waals surface area (Å²) in [6, 6.07) is 39.3. The molecule has 0 unspecified atom stereocenters. The van der Waals surface area contributed by atoms with Crippen LogP contribution >= 0.6 is 0 Å². The van der Waals surface area contributed by atoms with E-state index in [9.17, 15) is 9.59 Å². The number of benzene rings is 6. The molecular weight excluding hydrogens is 989 g/mol. The van der Waals surface area contributed by atoms with Gasteiger partial charge >= 0.3 is 11.9 Å². The van der Waals surface area contributed by atoms with Crippen molar-refractivity contribution in [1.82, 2.24) is 0 Å². The van der Waals surface area contributed by atoms with Gasteiger partial charge in [0.2, 0.25) is 0 Å². The number of ether oxygens (including phenoxy) is 10. The van der Waals surface area contributed by atoms with Gasteiger partial charge in [-0.05, 0) is 145 Å². The van der Waals surface area contributed by atoms with Crippen molar-refractivity contribution >= 4 is 35.7 Å². The Bertz CT molecular complexity index is 2570. The van der Waals surface area contributed by atoms with Gasteiger partial charge in [-0.1, -0.05) is 78.1 Å². The molecule has 1 aliphatic heterocycles. The van der Waals surface area contributed by atoms with Gasteiger partial charge in [0, 0.05) is 24.6 Å². The van der Waals surface area contributed by atoms with E-state index in [1.54, 1.807) is 85.2 Å². The number of esters is 2. The van der Waals surface area contributed by atoms with E-state index < -0.39 is 11.9 Å². The van der Waals surface area contributed by atoms with Crippen molar-refractivity contribution in [3.8, 4) is 46.0 Å². The molecular formula is C64H74N2O12. The molecule has 0 saturated carbocycles. The highest BCUT2D eigenvalue weighted by Gasteiger charge is 2.13. The molecule has 0 radical (unpaired) electrons. The maximum absolute atomic E-state index is 12.9. The minimum Gasteiger partial charge on any atom is -0.494 e. The Morgan fingerprint density at radius 1 is 0.397 bits per heavy atom. The Morgan fingerprint density at radius 2 is 0.744 bits per heavy atom. The van der Waals surface area contributed by atoms with Crippen LogP contribution in [0.1, 0.15) is 123 Å². The molecule has 0 amide bonds. The van der Waals surface area contributed by atoms with E-state index >= 15 is 0 Å². The Hall–Kier alpha value is -7.68. The van der Waals surface area contributed by atoms with Crippen molar-refractivity contribution in [3.63, 3.8) is 0 Å². The van der Waals surface area contributed by atoms with Crippen LogP contribution in [0.3, 0.4) is 0 Å². The lowest BCUT2D eigenvalue weighted by Gasteiger charge is -2.16. The smallest absolute Gasteiger partial charge is 0.343 e. The maximum atomic E-state index is 12.9. The first-order chi connectivity index (χ1) is 38.4. The summed E-state index contributed by atoms with van der Waals surface area (Å²) in [6.07, 6.45) is 17.9.